The Hall–Kier alpha value is -3.60. The molecule has 140 valence electrons. The first-order chi connectivity index (χ1) is 14.0. The Bertz CT molecular complexity index is 1270. The van der Waals surface area contributed by atoms with Gasteiger partial charge < -0.3 is 5.32 Å². The van der Waals surface area contributed by atoms with Gasteiger partial charge in [0, 0.05) is 35.4 Å². The number of benzene rings is 1. The molecule has 5 aliphatic rings. The Morgan fingerprint density at radius 2 is 1.79 bits per heavy atom. The van der Waals surface area contributed by atoms with Gasteiger partial charge in [0.2, 0.25) is 11.6 Å². The minimum atomic E-state index is -1.20. The minimum absolute atomic E-state index is 0.0174. The van der Waals surface area contributed by atoms with Crippen molar-refractivity contribution in [2.24, 2.45) is 5.41 Å². The molecule has 1 N–H and O–H groups in total. The number of carbonyl (C=O) groups is 4. The van der Waals surface area contributed by atoms with Gasteiger partial charge in [-0.1, -0.05) is 36.4 Å². The lowest BCUT2D eigenvalue weighted by molar-refractivity contribution is -0.138. The van der Waals surface area contributed by atoms with E-state index < -0.39 is 17.0 Å². The fraction of sp³-hybridized carbons (Fsp3) is 0.167. The largest absolute Gasteiger partial charge is 0.383 e. The molecule has 1 saturated heterocycles. The molecule has 0 aromatic heterocycles. The second-order valence-electron chi connectivity index (χ2n) is 7.96. The fourth-order valence-electron chi connectivity index (χ4n) is 5.20. The van der Waals surface area contributed by atoms with Crippen LogP contribution in [0.1, 0.15) is 28.8 Å². The maximum atomic E-state index is 13.4. The van der Waals surface area contributed by atoms with E-state index in [-0.39, 0.29) is 23.6 Å². The third-order valence-electron chi connectivity index (χ3n) is 6.56. The molecule has 0 radical (unpaired) electrons. The average molecular weight is 381 g/mol. The summed E-state index contributed by atoms with van der Waals surface area (Å²) in [6, 6.07) is 7.10. The Morgan fingerprint density at radius 3 is 2.66 bits per heavy atom. The van der Waals surface area contributed by atoms with E-state index in [1.165, 1.54) is 0 Å². The summed E-state index contributed by atoms with van der Waals surface area (Å²) in [4.78, 5) is 52.3. The lowest BCUT2D eigenvalue weighted by Crippen LogP contribution is -2.46. The number of allylic oxidation sites excluding steroid dienone is 8. The molecular weight excluding hydrogens is 366 g/mol. The normalized spacial score (nSPS) is 26.9. The molecule has 1 aromatic carbocycles. The van der Waals surface area contributed by atoms with Crippen LogP contribution in [0.5, 0.6) is 0 Å². The molecule has 1 aromatic rings. The maximum absolute atomic E-state index is 13.4. The molecule has 1 fully saturated rings. The Kier molecular flexibility index (Phi) is 2.97. The van der Waals surface area contributed by atoms with Crippen molar-refractivity contribution in [1.82, 2.24) is 5.32 Å². The van der Waals surface area contributed by atoms with Crippen LogP contribution in [0.15, 0.2) is 76.1 Å². The van der Waals surface area contributed by atoms with Crippen LogP contribution < -0.4 is 5.32 Å². The third kappa shape index (κ3) is 1.85. The van der Waals surface area contributed by atoms with Gasteiger partial charge in [0.15, 0.2) is 11.6 Å². The molecule has 0 saturated carbocycles. The van der Waals surface area contributed by atoms with E-state index >= 15 is 0 Å². The molecule has 1 spiro atoms. The maximum Gasteiger partial charge on any atom is 0.230 e. The molecule has 29 heavy (non-hydrogen) atoms. The predicted octanol–water partition coefficient (Wildman–Crippen LogP) is 2.42. The topological polar surface area (TPSA) is 80.3 Å². The first kappa shape index (κ1) is 16.4. The zero-order chi connectivity index (χ0) is 19.9. The zero-order valence-corrected chi connectivity index (χ0v) is 15.4. The zero-order valence-electron chi connectivity index (χ0n) is 15.4. The van der Waals surface area contributed by atoms with Crippen LogP contribution in [0.3, 0.4) is 0 Å². The van der Waals surface area contributed by atoms with E-state index in [0.717, 1.165) is 5.57 Å². The van der Waals surface area contributed by atoms with Crippen molar-refractivity contribution in [2.75, 3.05) is 6.54 Å². The predicted molar refractivity (Wildman–Crippen MR) is 105 cm³/mol. The summed E-state index contributed by atoms with van der Waals surface area (Å²) in [7, 11) is 0. The highest BCUT2D eigenvalue weighted by Gasteiger charge is 2.59. The summed E-state index contributed by atoms with van der Waals surface area (Å²) in [6.07, 6.45) is 7.62. The molecule has 0 amide bonds. The van der Waals surface area contributed by atoms with Gasteiger partial charge in [0.1, 0.15) is 5.41 Å². The minimum Gasteiger partial charge on any atom is -0.383 e. The van der Waals surface area contributed by atoms with Crippen molar-refractivity contribution in [3.05, 3.63) is 87.2 Å². The number of carbonyl (C=O) groups excluding carboxylic acids is 4. The molecule has 1 heterocycles. The van der Waals surface area contributed by atoms with Crippen molar-refractivity contribution >= 4 is 29.2 Å². The van der Waals surface area contributed by atoms with Gasteiger partial charge in [-0.25, -0.2) is 0 Å². The van der Waals surface area contributed by atoms with Gasteiger partial charge in [-0.15, -0.1) is 0 Å². The summed E-state index contributed by atoms with van der Waals surface area (Å²) in [5.41, 5.74) is 3.02. The highest BCUT2D eigenvalue weighted by atomic mass is 16.2. The number of Topliss-reactive ketones (excluding diaryl/α,β-unsaturated/α-hetero) is 4. The molecular formula is C24H15NO4. The summed E-state index contributed by atoms with van der Waals surface area (Å²) in [5, 5.41) is 3.24. The van der Waals surface area contributed by atoms with Gasteiger partial charge in [-0.3, -0.25) is 19.2 Å². The first-order valence-corrected chi connectivity index (χ1v) is 9.60. The molecule has 5 nitrogen and oxygen atoms in total. The Labute approximate surface area is 166 Å². The Balaban J connectivity index is 1.63. The summed E-state index contributed by atoms with van der Waals surface area (Å²) in [5.74, 6) is -1.37. The standard InChI is InChI=1S/C24H15NO4/c26-18-7-3-5-13-10-24-14(9-16(13)18)11-25-22(24)19-17(21(28)23(24)29)8-12-4-1-2-6-15(12)20(19)27/h1-6,8-9,25H,7,10-11H2. The number of rotatable bonds is 0. The second kappa shape index (κ2) is 5.26. The lowest BCUT2D eigenvalue weighted by Gasteiger charge is -2.39. The smallest absolute Gasteiger partial charge is 0.230 e. The molecule has 1 aliphatic heterocycles. The monoisotopic (exact) mass is 381 g/mol. The summed E-state index contributed by atoms with van der Waals surface area (Å²) in [6.45, 7) is 0.341. The van der Waals surface area contributed by atoms with Crippen molar-refractivity contribution in [1.29, 1.82) is 0 Å². The molecule has 4 aliphatic carbocycles. The van der Waals surface area contributed by atoms with Crippen LogP contribution in [-0.2, 0) is 14.4 Å². The van der Waals surface area contributed by atoms with Crippen molar-refractivity contribution in [3.63, 3.8) is 0 Å². The van der Waals surface area contributed by atoms with Crippen LogP contribution in [0.25, 0.3) is 6.08 Å². The summed E-state index contributed by atoms with van der Waals surface area (Å²) < 4.78 is 0. The van der Waals surface area contributed by atoms with Crippen LogP contribution in [0.2, 0.25) is 0 Å². The van der Waals surface area contributed by atoms with Crippen LogP contribution in [-0.4, -0.2) is 29.7 Å². The van der Waals surface area contributed by atoms with Crippen molar-refractivity contribution < 1.29 is 19.2 Å². The Morgan fingerprint density at radius 1 is 0.966 bits per heavy atom. The van der Waals surface area contributed by atoms with Gasteiger partial charge in [0.05, 0.1) is 5.57 Å². The van der Waals surface area contributed by atoms with Crippen molar-refractivity contribution in [3.8, 4) is 0 Å². The van der Waals surface area contributed by atoms with E-state index in [9.17, 15) is 19.2 Å². The average Bonchev–Trinajstić information content (AvgIpc) is 3.10. The first-order valence-electron chi connectivity index (χ1n) is 9.60. The molecule has 1 atom stereocenters. The highest BCUT2D eigenvalue weighted by molar-refractivity contribution is 6.52. The van der Waals surface area contributed by atoms with Crippen LogP contribution >= 0.6 is 0 Å². The number of fused-ring (bicyclic) bond motifs is 2. The van der Waals surface area contributed by atoms with Gasteiger partial charge in [-0.05, 0) is 35.3 Å². The molecule has 5 heteroatoms. The number of nitrogens with one attached hydrogen (secondary N) is 1. The number of hydrogen-bond acceptors (Lipinski definition) is 5. The second-order valence-corrected chi connectivity index (χ2v) is 7.96. The van der Waals surface area contributed by atoms with Gasteiger partial charge >= 0.3 is 0 Å². The van der Waals surface area contributed by atoms with E-state index in [2.05, 4.69) is 5.32 Å². The van der Waals surface area contributed by atoms with E-state index in [4.69, 9.17) is 0 Å². The molecule has 1 unspecified atom stereocenters. The molecule has 6 rings (SSSR count). The van der Waals surface area contributed by atoms with Crippen LogP contribution in [0, 0.1) is 5.41 Å². The van der Waals surface area contributed by atoms with E-state index in [0.29, 0.717) is 46.5 Å². The SMILES string of the molecule is O=C1CC=CC2=C1C=C1CNC3=C4C(=O)c5ccccc5C=C4C(=O)C(=O)C13C2. The van der Waals surface area contributed by atoms with E-state index in [1.54, 1.807) is 42.5 Å². The third-order valence-corrected chi connectivity index (χ3v) is 6.56. The molecule has 0 bridgehead atoms. The fourth-order valence-corrected chi connectivity index (χ4v) is 5.20. The van der Waals surface area contributed by atoms with Crippen LogP contribution in [0.4, 0.5) is 0 Å². The van der Waals surface area contributed by atoms with Gasteiger partial charge in [-0.2, -0.15) is 0 Å². The van der Waals surface area contributed by atoms with Gasteiger partial charge in [0.25, 0.3) is 0 Å². The highest BCUT2D eigenvalue weighted by Crippen LogP contribution is 2.55. The van der Waals surface area contributed by atoms with E-state index in [1.807, 2.05) is 6.08 Å². The summed E-state index contributed by atoms with van der Waals surface area (Å²) >= 11 is 0. The number of ketones is 4. The quantitative estimate of drug-likeness (QED) is 0.698. The van der Waals surface area contributed by atoms with Crippen molar-refractivity contribution in [2.45, 2.75) is 12.8 Å². The lowest BCUT2D eigenvalue weighted by atomic mass is 9.60. The number of hydrogen-bond donors (Lipinski definition) is 1.